The van der Waals surface area contributed by atoms with Gasteiger partial charge in [-0.3, -0.25) is 0 Å². The molecule has 0 radical (unpaired) electrons. The van der Waals surface area contributed by atoms with E-state index < -0.39 is 6.10 Å². The molecule has 102 valence electrons. The molecule has 5 heteroatoms. The van der Waals surface area contributed by atoms with Crippen LogP contribution in [0.4, 0.5) is 4.39 Å². The number of benzene rings is 1. The molecule has 1 aromatic carbocycles. The van der Waals surface area contributed by atoms with E-state index in [1.54, 1.807) is 29.7 Å². The lowest BCUT2D eigenvalue weighted by atomic mass is 10.0. The van der Waals surface area contributed by atoms with Gasteiger partial charge >= 0.3 is 0 Å². The molecule has 2 N–H and O–H groups in total. The van der Waals surface area contributed by atoms with Crippen LogP contribution in [0.5, 0.6) is 0 Å². The summed E-state index contributed by atoms with van der Waals surface area (Å²) in [5, 5.41) is 16.2. The van der Waals surface area contributed by atoms with Crippen LogP contribution in [0.1, 0.15) is 30.5 Å². The Morgan fingerprint density at radius 1 is 1.47 bits per heavy atom. The smallest absolute Gasteiger partial charge is 0.123 e. The quantitative estimate of drug-likeness (QED) is 0.885. The van der Waals surface area contributed by atoms with Gasteiger partial charge in [-0.15, -0.1) is 11.3 Å². The molecule has 3 nitrogen and oxygen atoms in total. The molecule has 1 atom stereocenters. The van der Waals surface area contributed by atoms with Crippen LogP contribution in [0.2, 0.25) is 0 Å². The van der Waals surface area contributed by atoms with Gasteiger partial charge in [0.2, 0.25) is 0 Å². The molecule has 1 aromatic heterocycles. The fourth-order valence-corrected chi connectivity index (χ4v) is 2.53. The number of hydrogen-bond donors (Lipinski definition) is 2. The van der Waals surface area contributed by atoms with Gasteiger partial charge in [-0.1, -0.05) is 12.1 Å². The van der Waals surface area contributed by atoms with E-state index in [2.05, 4.69) is 10.3 Å². The van der Waals surface area contributed by atoms with Gasteiger partial charge in [0.25, 0.3) is 0 Å². The van der Waals surface area contributed by atoms with E-state index >= 15 is 0 Å². The largest absolute Gasteiger partial charge is 0.387 e. The van der Waals surface area contributed by atoms with E-state index in [9.17, 15) is 9.50 Å². The van der Waals surface area contributed by atoms with Gasteiger partial charge in [-0.2, -0.15) is 0 Å². The van der Waals surface area contributed by atoms with Crippen LogP contribution in [0.25, 0.3) is 0 Å². The normalized spacial score (nSPS) is 13.5. The molecule has 1 unspecified atom stereocenters. The summed E-state index contributed by atoms with van der Waals surface area (Å²) in [5.74, 6) is -0.337. The van der Waals surface area contributed by atoms with Gasteiger partial charge in [-0.25, -0.2) is 9.37 Å². The average molecular weight is 280 g/mol. The van der Waals surface area contributed by atoms with E-state index in [1.807, 2.05) is 19.2 Å². The second kappa shape index (κ2) is 5.77. The van der Waals surface area contributed by atoms with Crippen molar-refractivity contribution in [3.8, 4) is 0 Å². The fraction of sp³-hybridized carbons (Fsp3) is 0.357. The minimum atomic E-state index is -0.741. The van der Waals surface area contributed by atoms with Crippen molar-refractivity contribution in [1.82, 2.24) is 10.3 Å². The lowest BCUT2D eigenvalue weighted by Crippen LogP contribution is -2.39. The maximum atomic E-state index is 13.1. The van der Waals surface area contributed by atoms with Gasteiger partial charge < -0.3 is 10.4 Å². The molecule has 2 aromatic rings. The van der Waals surface area contributed by atoms with Gasteiger partial charge in [0.05, 0.1) is 11.6 Å². The van der Waals surface area contributed by atoms with Crippen LogP contribution >= 0.6 is 11.3 Å². The minimum absolute atomic E-state index is 0.317. The molecule has 0 fully saturated rings. The maximum absolute atomic E-state index is 13.1. The topological polar surface area (TPSA) is 45.1 Å². The molecule has 0 spiro atoms. The number of aromatic nitrogens is 1. The summed E-state index contributed by atoms with van der Waals surface area (Å²) >= 11 is 1.56. The first-order valence-corrected chi connectivity index (χ1v) is 6.95. The van der Waals surface area contributed by atoms with Crippen LogP contribution in [0.3, 0.4) is 0 Å². The molecule has 0 aliphatic carbocycles. The Morgan fingerprint density at radius 3 is 2.89 bits per heavy atom. The first-order chi connectivity index (χ1) is 8.99. The number of hydrogen-bond acceptors (Lipinski definition) is 4. The van der Waals surface area contributed by atoms with Crippen LogP contribution < -0.4 is 5.32 Å². The van der Waals surface area contributed by atoms with E-state index in [0.29, 0.717) is 12.1 Å². The summed E-state index contributed by atoms with van der Waals surface area (Å²) in [7, 11) is 0. The molecular formula is C14H17FN2OS. The summed E-state index contributed by atoms with van der Waals surface area (Å²) in [6.45, 7) is 4.35. The zero-order valence-corrected chi connectivity index (χ0v) is 11.7. The van der Waals surface area contributed by atoms with Crippen molar-refractivity contribution in [2.24, 2.45) is 0 Å². The fourth-order valence-electron chi connectivity index (χ4n) is 1.79. The molecule has 1 heterocycles. The van der Waals surface area contributed by atoms with Crippen molar-refractivity contribution in [1.29, 1.82) is 0 Å². The Hall–Kier alpha value is -1.30. The number of nitrogens with zero attached hydrogens (tertiary/aromatic N) is 1. The van der Waals surface area contributed by atoms with Crippen molar-refractivity contribution < 1.29 is 9.50 Å². The van der Waals surface area contributed by atoms with Crippen molar-refractivity contribution >= 4 is 11.3 Å². The first-order valence-electron chi connectivity index (χ1n) is 6.07. The second-order valence-electron chi connectivity index (χ2n) is 4.91. The van der Waals surface area contributed by atoms with Gasteiger partial charge in [-0.05, 0) is 31.5 Å². The second-order valence-corrected chi connectivity index (χ2v) is 5.81. The number of thiazole rings is 1. The monoisotopic (exact) mass is 280 g/mol. The van der Waals surface area contributed by atoms with E-state index in [-0.39, 0.29) is 11.4 Å². The Kier molecular flexibility index (Phi) is 4.29. The summed E-state index contributed by atoms with van der Waals surface area (Å²) in [6, 6.07) is 6.03. The molecule has 0 aliphatic rings. The molecule has 0 aliphatic heterocycles. The predicted octanol–water partition coefficient (Wildman–Crippen LogP) is 2.84. The van der Waals surface area contributed by atoms with Crippen molar-refractivity contribution in [2.75, 3.05) is 6.54 Å². The van der Waals surface area contributed by atoms with Crippen molar-refractivity contribution in [3.05, 3.63) is 52.2 Å². The summed E-state index contributed by atoms with van der Waals surface area (Å²) in [5.41, 5.74) is 0.255. The Bertz CT molecular complexity index is 528. The lowest BCUT2D eigenvalue weighted by molar-refractivity contribution is 0.160. The number of nitrogens with one attached hydrogen (secondary N) is 1. The van der Waals surface area contributed by atoms with Gasteiger partial charge in [0, 0.05) is 18.1 Å². The number of aliphatic hydroxyl groups excluding tert-OH is 1. The van der Waals surface area contributed by atoms with Crippen LogP contribution in [0.15, 0.2) is 35.8 Å². The third-order valence-corrected chi connectivity index (χ3v) is 4.03. The molecule has 0 saturated heterocycles. The molecule has 0 amide bonds. The van der Waals surface area contributed by atoms with Crippen LogP contribution in [-0.4, -0.2) is 16.6 Å². The zero-order valence-electron chi connectivity index (χ0n) is 10.9. The third kappa shape index (κ3) is 3.59. The summed E-state index contributed by atoms with van der Waals surface area (Å²) < 4.78 is 13.1. The van der Waals surface area contributed by atoms with E-state index in [4.69, 9.17) is 0 Å². The number of halogens is 1. The maximum Gasteiger partial charge on any atom is 0.123 e. The third-order valence-electron chi connectivity index (χ3n) is 2.94. The highest BCUT2D eigenvalue weighted by Gasteiger charge is 2.23. The summed E-state index contributed by atoms with van der Waals surface area (Å²) in [6.07, 6.45) is 1.02. The first kappa shape index (κ1) is 14.1. The minimum Gasteiger partial charge on any atom is -0.387 e. The molecule has 2 rings (SSSR count). The average Bonchev–Trinajstić information content (AvgIpc) is 2.90. The SMILES string of the molecule is CC(C)(NCC(O)c1cccc(F)c1)c1nccs1. The highest BCUT2D eigenvalue weighted by atomic mass is 32.1. The Balaban J connectivity index is 1.99. The molecule has 0 bridgehead atoms. The van der Waals surface area contributed by atoms with Gasteiger partial charge in [0.1, 0.15) is 10.8 Å². The highest BCUT2D eigenvalue weighted by Crippen LogP contribution is 2.23. The van der Waals surface area contributed by atoms with E-state index in [1.165, 1.54) is 12.1 Å². The zero-order chi connectivity index (χ0) is 13.9. The molecule has 19 heavy (non-hydrogen) atoms. The summed E-state index contributed by atoms with van der Waals surface area (Å²) in [4.78, 5) is 4.27. The standard InChI is InChI=1S/C14H17FN2OS/c1-14(2,13-16-6-7-19-13)17-9-12(18)10-4-3-5-11(15)8-10/h3-8,12,17-18H,9H2,1-2H3. The van der Waals surface area contributed by atoms with Crippen molar-refractivity contribution in [3.63, 3.8) is 0 Å². The number of rotatable bonds is 5. The Morgan fingerprint density at radius 2 is 2.26 bits per heavy atom. The lowest BCUT2D eigenvalue weighted by Gasteiger charge is -2.25. The highest BCUT2D eigenvalue weighted by molar-refractivity contribution is 7.09. The predicted molar refractivity (Wildman–Crippen MR) is 74.5 cm³/mol. The molecular weight excluding hydrogens is 263 g/mol. The van der Waals surface area contributed by atoms with Crippen LogP contribution in [-0.2, 0) is 5.54 Å². The van der Waals surface area contributed by atoms with Crippen molar-refractivity contribution in [2.45, 2.75) is 25.5 Å². The van der Waals surface area contributed by atoms with Crippen LogP contribution in [0, 0.1) is 5.82 Å². The van der Waals surface area contributed by atoms with Gasteiger partial charge in [0.15, 0.2) is 0 Å². The van der Waals surface area contributed by atoms with E-state index in [0.717, 1.165) is 5.01 Å². The molecule has 0 saturated carbocycles. The number of aliphatic hydroxyl groups is 1. The Labute approximate surface area is 116 Å².